The zero-order valence-electron chi connectivity index (χ0n) is 11.5. The highest BCUT2D eigenvalue weighted by Gasteiger charge is 2.35. The second-order valence-corrected chi connectivity index (χ2v) is 6.92. The van der Waals surface area contributed by atoms with Crippen molar-refractivity contribution in [3.05, 3.63) is 21.3 Å². The number of halogens is 3. The third-order valence-electron chi connectivity index (χ3n) is 4.51. The molecule has 0 aromatic carbocycles. The Morgan fingerprint density at radius 3 is 2.75 bits per heavy atom. The lowest BCUT2D eigenvalue weighted by atomic mass is 9.84. The summed E-state index contributed by atoms with van der Waals surface area (Å²) in [6, 6.07) is 2.38. The van der Waals surface area contributed by atoms with Crippen LogP contribution in [0.15, 0.2) is 6.07 Å². The van der Waals surface area contributed by atoms with Crippen molar-refractivity contribution < 1.29 is 0 Å². The van der Waals surface area contributed by atoms with Gasteiger partial charge in [0, 0.05) is 19.1 Å². The summed E-state index contributed by atoms with van der Waals surface area (Å²) in [5, 5.41) is 1.32. The Kier molecular flexibility index (Phi) is 4.32. The lowest BCUT2D eigenvalue weighted by Crippen LogP contribution is -2.53. The Hall–Kier alpha value is -0.220. The normalized spacial score (nSPS) is 27.5. The molecule has 0 bridgehead atoms. The second-order valence-electron chi connectivity index (χ2n) is 5.75. The zero-order valence-corrected chi connectivity index (χ0v) is 13.7. The quantitative estimate of drug-likeness (QED) is 0.725. The number of fused-ring (bicyclic) bond motifs is 1. The van der Waals surface area contributed by atoms with Gasteiger partial charge in [0.05, 0.1) is 10.0 Å². The van der Waals surface area contributed by atoms with Gasteiger partial charge in [-0.3, -0.25) is 0 Å². The van der Waals surface area contributed by atoms with E-state index >= 15 is 0 Å². The Bertz CT molecular complexity index is 509. The summed E-state index contributed by atoms with van der Waals surface area (Å²) in [6.07, 6.45) is 3.71. The average molecular weight is 335 g/mol. The third-order valence-corrected chi connectivity index (χ3v) is 5.46. The molecule has 2 unspecified atom stereocenters. The molecule has 2 aliphatic rings. The summed E-state index contributed by atoms with van der Waals surface area (Å²) in [6.45, 7) is 3.18. The van der Waals surface area contributed by atoms with E-state index in [1.54, 1.807) is 6.07 Å². The molecule has 6 heteroatoms. The summed E-state index contributed by atoms with van der Waals surface area (Å²) in [4.78, 5) is 9.12. The van der Waals surface area contributed by atoms with Crippen LogP contribution in [0.1, 0.15) is 19.3 Å². The standard InChI is InChI=1S/C14H18Cl3N3/c1-19-5-2-3-9-8-20(6-4-12(9)19)14-11(16)7-10(15)13(17)18-14/h7,9,12H,2-6,8H2,1H3. The van der Waals surface area contributed by atoms with Crippen LogP contribution in [0.3, 0.4) is 0 Å². The van der Waals surface area contributed by atoms with Crippen molar-refractivity contribution in [2.24, 2.45) is 5.92 Å². The Morgan fingerprint density at radius 2 is 1.95 bits per heavy atom. The fraction of sp³-hybridized carbons (Fsp3) is 0.643. The minimum absolute atomic E-state index is 0.328. The van der Waals surface area contributed by atoms with E-state index in [1.165, 1.54) is 19.4 Å². The van der Waals surface area contributed by atoms with Gasteiger partial charge in [-0.05, 0) is 44.8 Å². The van der Waals surface area contributed by atoms with Crippen molar-refractivity contribution >= 4 is 40.6 Å². The predicted molar refractivity (Wildman–Crippen MR) is 85.2 cm³/mol. The number of aromatic nitrogens is 1. The number of pyridine rings is 1. The number of hydrogen-bond donors (Lipinski definition) is 0. The van der Waals surface area contributed by atoms with Crippen LogP contribution in [-0.2, 0) is 0 Å². The average Bonchev–Trinajstić information content (AvgIpc) is 2.43. The molecule has 2 fully saturated rings. The van der Waals surface area contributed by atoms with Crippen LogP contribution in [0.25, 0.3) is 0 Å². The van der Waals surface area contributed by atoms with Gasteiger partial charge in [0.1, 0.15) is 11.0 Å². The lowest BCUT2D eigenvalue weighted by Gasteiger charge is -2.46. The summed E-state index contributed by atoms with van der Waals surface area (Å²) < 4.78 is 0. The zero-order chi connectivity index (χ0) is 14.3. The van der Waals surface area contributed by atoms with E-state index in [1.807, 2.05) is 0 Å². The summed E-state index contributed by atoms with van der Waals surface area (Å²) in [7, 11) is 2.23. The molecule has 0 radical (unpaired) electrons. The van der Waals surface area contributed by atoms with Crippen molar-refractivity contribution in [1.82, 2.24) is 9.88 Å². The van der Waals surface area contributed by atoms with Crippen molar-refractivity contribution in [1.29, 1.82) is 0 Å². The van der Waals surface area contributed by atoms with E-state index in [-0.39, 0.29) is 0 Å². The van der Waals surface area contributed by atoms with Gasteiger partial charge in [0.15, 0.2) is 0 Å². The molecule has 2 aliphatic heterocycles. The summed E-state index contributed by atoms with van der Waals surface area (Å²) >= 11 is 18.3. The SMILES string of the molecule is CN1CCCC2CN(c3nc(Cl)c(Cl)cc3Cl)CCC21. The molecule has 2 atom stereocenters. The molecular formula is C14H18Cl3N3. The summed E-state index contributed by atoms with van der Waals surface area (Å²) in [5.74, 6) is 1.46. The van der Waals surface area contributed by atoms with Gasteiger partial charge in [-0.2, -0.15) is 0 Å². The third kappa shape index (κ3) is 2.74. The number of anilines is 1. The van der Waals surface area contributed by atoms with Gasteiger partial charge < -0.3 is 9.80 Å². The number of hydrogen-bond acceptors (Lipinski definition) is 3. The smallest absolute Gasteiger partial charge is 0.150 e. The highest BCUT2D eigenvalue weighted by Crippen LogP contribution is 2.36. The van der Waals surface area contributed by atoms with Crippen LogP contribution in [0, 0.1) is 5.92 Å². The molecule has 1 aromatic heterocycles. The molecule has 110 valence electrons. The first kappa shape index (κ1) is 14.7. The first-order valence-electron chi connectivity index (χ1n) is 7.03. The van der Waals surface area contributed by atoms with Crippen LogP contribution >= 0.6 is 34.8 Å². The molecule has 0 aliphatic carbocycles. The number of likely N-dealkylation sites (tertiary alicyclic amines) is 1. The van der Waals surface area contributed by atoms with E-state index in [0.29, 0.717) is 27.2 Å². The van der Waals surface area contributed by atoms with Crippen LogP contribution in [-0.4, -0.2) is 42.6 Å². The summed E-state index contributed by atoms with van der Waals surface area (Å²) in [5.41, 5.74) is 0. The van der Waals surface area contributed by atoms with Crippen molar-refractivity contribution in [2.45, 2.75) is 25.3 Å². The molecule has 0 spiro atoms. The number of nitrogens with zero attached hydrogens (tertiary/aromatic N) is 3. The van der Waals surface area contributed by atoms with Gasteiger partial charge in [0.25, 0.3) is 0 Å². The first-order valence-corrected chi connectivity index (χ1v) is 8.16. The van der Waals surface area contributed by atoms with E-state index < -0.39 is 0 Å². The Labute approximate surface area is 134 Å². The van der Waals surface area contributed by atoms with Crippen molar-refractivity contribution in [3.8, 4) is 0 Å². The highest BCUT2D eigenvalue weighted by atomic mass is 35.5. The molecule has 0 saturated carbocycles. The fourth-order valence-corrected chi connectivity index (χ4v) is 4.11. The van der Waals surface area contributed by atoms with Gasteiger partial charge in [0.2, 0.25) is 0 Å². The van der Waals surface area contributed by atoms with E-state index in [9.17, 15) is 0 Å². The van der Waals surface area contributed by atoms with Crippen LogP contribution in [0.5, 0.6) is 0 Å². The van der Waals surface area contributed by atoms with Gasteiger partial charge in [-0.15, -0.1) is 0 Å². The maximum atomic E-state index is 6.28. The highest BCUT2D eigenvalue weighted by molar-refractivity contribution is 6.42. The van der Waals surface area contributed by atoms with Gasteiger partial charge in [-0.1, -0.05) is 34.8 Å². The molecule has 3 rings (SSSR count). The van der Waals surface area contributed by atoms with Gasteiger partial charge in [-0.25, -0.2) is 4.98 Å². The first-order chi connectivity index (χ1) is 9.56. The Morgan fingerprint density at radius 1 is 1.15 bits per heavy atom. The van der Waals surface area contributed by atoms with E-state index in [2.05, 4.69) is 21.8 Å². The fourth-order valence-electron chi connectivity index (χ4n) is 3.50. The van der Waals surface area contributed by atoms with E-state index in [4.69, 9.17) is 34.8 Å². The van der Waals surface area contributed by atoms with Crippen LogP contribution in [0.2, 0.25) is 15.2 Å². The molecule has 2 saturated heterocycles. The molecule has 0 amide bonds. The molecule has 3 nitrogen and oxygen atoms in total. The predicted octanol–water partition coefficient (Wildman–Crippen LogP) is 3.96. The monoisotopic (exact) mass is 333 g/mol. The minimum atomic E-state index is 0.328. The number of piperidine rings is 2. The molecule has 0 N–H and O–H groups in total. The van der Waals surface area contributed by atoms with Crippen molar-refractivity contribution in [2.75, 3.05) is 31.6 Å². The lowest BCUT2D eigenvalue weighted by molar-refractivity contribution is 0.102. The van der Waals surface area contributed by atoms with E-state index in [0.717, 1.165) is 25.3 Å². The minimum Gasteiger partial charge on any atom is -0.355 e. The molecular weight excluding hydrogens is 317 g/mol. The number of rotatable bonds is 1. The second kappa shape index (κ2) is 5.88. The Balaban J connectivity index is 1.81. The topological polar surface area (TPSA) is 19.4 Å². The van der Waals surface area contributed by atoms with Crippen LogP contribution in [0.4, 0.5) is 5.82 Å². The molecule has 20 heavy (non-hydrogen) atoms. The maximum Gasteiger partial charge on any atom is 0.150 e. The van der Waals surface area contributed by atoms with Crippen molar-refractivity contribution in [3.63, 3.8) is 0 Å². The largest absolute Gasteiger partial charge is 0.355 e. The molecule has 1 aromatic rings. The molecule has 3 heterocycles. The maximum absolute atomic E-state index is 6.28. The van der Waals surface area contributed by atoms with Gasteiger partial charge >= 0.3 is 0 Å². The van der Waals surface area contributed by atoms with Crippen LogP contribution < -0.4 is 4.90 Å².